The zero-order valence-electron chi connectivity index (χ0n) is 14.2. The number of carboxylic acid groups (broad SMARTS) is 1. The zero-order chi connectivity index (χ0) is 18.8. The van der Waals surface area contributed by atoms with Gasteiger partial charge in [-0.15, -0.1) is 0 Å². The van der Waals surface area contributed by atoms with Crippen molar-refractivity contribution in [2.24, 2.45) is 5.73 Å². The average molecular weight is 350 g/mol. The second kappa shape index (κ2) is 6.84. The standard InChI is InChI=1S/C20H18N2O4/c1-12-15(10-18(21)23)16-9-14(19(24)20(25)26)7-8-17(16)22(12)11-13-5-3-2-4-6-13/h2-9H,10-11H2,1H3,(H2,21,23)(H,25,26). The highest BCUT2D eigenvalue weighted by Crippen LogP contribution is 2.28. The van der Waals surface area contributed by atoms with E-state index in [2.05, 4.69) is 0 Å². The Morgan fingerprint density at radius 1 is 1.08 bits per heavy atom. The number of rotatable bonds is 6. The van der Waals surface area contributed by atoms with Gasteiger partial charge in [0.2, 0.25) is 5.91 Å². The number of hydrogen-bond acceptors (Lipinski definition) is 3. The molecule has 0 aliphatic carbocycles. The van der Waals surface area contributed by atoms with Crippen LogP contribution >= 0.6 is 0 Å². The maximum absolute atomic E-state index is 11.8. The second-order valence-electron chi connectivity index (χ2n) is 6.15. The first-order valence-corrected chi connectivity index (χ1v) is 8.10. The predicted molar refractivity (Wildman–Crippen MR) is 97.1 cm³/mol. The SMILES string of the molecule is Cc1c(CC(N)=O)c2cc(C(=O)C(=O)O)ccc2n1Cc1ccccc1. The lowest BCUT2D eigenvalue weighted by Crippen LogP contribution is -2.14. The van der Waals surface area contributed by atoms with Gasteiger partial charge in [0.1, 0.15) is 0 Å². The number of benzene rings is 2. The molecule has 1 heterocycles. The molecule has 6 heteroatoms. The van der Waals surface area contributed by atoms with E-state index in [1.165, 1.54) is 12.1 Å². The lowest BCUT2D eigenvalue weighted by Gasteiger charge is -2.09. The molecule has 6 nitrogen and oxygen atoms in total. The van der Waals surface area contributed by atoms with Gasteiger partial charge in [0, 0.05) is 28.7 Å². The van der Waals surface area contributed by atoms with E-state index in [0.29, 0.717) is 17.5 Å². The van der Waals surface area contributed by atoms with Crippen LogP contribution in [0.3, 0.4) is 0 Å². The van der Waals surface area contributed by atoms with Crippen LogP contribution in [-0.2, 0) is 22.6 Å². The van der Waals surface area contributed by atoms with E-state index in [1.807, 2.05) is 41.8 Å². The number of ketones is 1. The normalized spacial score (nSPS) is 10.8. The molecular formula is C20H18N2O4. The number of carboxylic acids is 1. The van der Waals surface area contributed by atoms with Crippen molar-refractivity contribution < 1.29 is 19.5 Å². The van der Waals surface area contributed by atoms with Gasteiger partial charge >= 0.3 is 5.97 Å². The average Bonchev–Trinajstić information content (AvgIpc) is 2.86. The topological polar surface area (TPSA) is 102 Å². The summed E-state index contributed by atoms with van der Waals surface area (Å²) >= 11 is 0. The number of amides is 1. The van der Waals surface area contributed by atoms with Gasteiger partial charge in [-0.25, -0.2) is 4.79 Å². The lowest BCUT2D eigenvalue weighted by molar-refractivity contribution is -0.131. The number of carbonyl (C=O) groups excluding carboxylic acids is 2. The highest BCUT2D eigenvalue weighted by Gasteiger charge is 2.20. The van der Waals surface area contributed by atoms with Gasteiger partial charge in [-0.2, -0.15) is 0 Å². The molecule has 0 radical (unpaired) electrons. The summed E-state index contributed by atoms with van der Waals surface area (Å²) in [6.45, 7) is 2.48. The number of carbonyl (C=O) groups is 3. The number of aliphatic carboxylic acids is 1. The number of primary amides is 1. The molecule has 3 aromatic rings. The van der Waals surface area contributed by atoms with E-state index >= 15 is 0 Å². The molecule has 0 fully saturated rings. The van der Waals surface area contributed by atoms with Crippen molar-refractivity contribution in [1.82, 2.24) is 4.57 Å². The molecule has 0 unspecified atom stereocenters. The highest BCUT2D eigenvalue weighted by molar-refractivity contribution is 6.40. The molecule has 132 valence electrons. The molecule has 26 heavy (non-hydrogen) atoms. The monoisotopic (exact) mass is 350 g/mol. The molecule has 0 spiro atoms. The minimum absolute atomic E-state index is 0.0227. The quantitative estimate of drug-likeness (QED) is 0.526. The molecule has 0 aliphatic rings. The summed E-state index contributed by atoms with van der Waals surface area (Å²) in [6.07, 6.45) is 0.0227. The van der Waals surface area contributed by atoms with Gasteiger partial charge in [-0.1, -0.05) is 30.3 Å². The number of hydrogen-bond donors (Lipinski definition) is 2. The summed E-state index contributed by atoms with van der Waals surface area (Å²) in [5, 5.41) is 9.62. The van der Waals surface area contributed by atoms with Gasteiger partial charge in [-0.05, 0) is 36.2 Å². The predicted octanol–water partition coefficient (Wildman–Crippen LogP) is 2.29. The van der Waals surface area contributed by atoms with E-state index in [-0.39, 0.29) is 12.0 Å². The lowest BCUT2D eigenvalue weighted by atomic mass is 10.0. The van der Waals surface area contributed by atoms with Crippen molar-refractivity contribution in [2.45, 2.75) is 19.9 Å². The molecule has 3 rings (SSSR count). The first-order chi connectivity index (χ1) is 12.4. The maximum Gasteiger partial charge on any atom is 0.377 e. The molecule has 0 bridgehead atoms. The van der Waals surface area contributed by atoms with E-state index < -0.39 is 17.7 Å². The van der Waals surface area contributed by atoms with E-state index in [9.17, 15) is 14.4 Å². The summed E-state index contributed by atoms with van der Waals surface area (Å²) in [4.78, 5) is 34.3. The Hall–Kier alpha value is -3.41. The molecule has 0 saturated heterocycles. The Morgan fingerprint density at radius 2 is 1.77 bits per heavy atom. The molecule has 0 atom stereocenters. The second-order valence-corrected chi connectivity index (χ2v) is 6.15. The third-order valence-electron chi connectivity index (χ3n) is 4.45. The van der Waals surface area contributed by atoms with Crippen LogP contribution in [0.1, 0.15) is 27.2 Å². The van der Waals surface area contributed by atoms with E-state index in [0.717, 1.165) is 16.8 Å². The maximum atomic E-state index is 11.8. The summed E-state index contributed by atoms with van der Waals surface area (Å²) in [5.74, 6) is -2.98. The van der Waals surface area contributed by atoms with Crippen LogP contribution in [0.5, 0.6) is 0 Å². The van der Waals surface area contributed by atoms with Crippen molar-refractivity contribution in [1.29, 1.82) is 0 Å². The Balaban J connectivity index is 2.18. The number of aromatic nitrogens is 1. The van der Waals surface area contributed by atoms with Crippen molar-refractivity contribution in [3.8, 4) is 0 Å². The van der Waals surface area contributed by atoms with E-state index in [1.54, 1.807) is 6.07 Å². The Bertz CT molecular complexity index is 1020. The molecule has 1 amide bonds. The minimum atomic E-state index is -1.51. The fourth-order valence-corrected chi connectivity index (χ4v) is 3.18. The molecule has 2 aromatic carbocycles. The molecule has 0 aliphatic heterocycles. The van der Waals surface area contributed by atoms with E-state index in [4.69, 9.17) is 10.8 Å². The third-order valence-corrected chi connectivity index (χ3v) is 4.45. The first-order valence-electron chi connectivity index (χ1n) is 8.10. The van der Waals surface area contributed by atoms with Crippen LogP contribution in [0.2, 0.25) is 0 Å². The van der Waals surface area contributed by atoms with Crippen molar-refractivity contribution in [3.05, 3.63) is 70.9 Å². The van der Waals surface area contributed by atoms with Crippen LogP contribution in [0.15, 0.2) is 48.5 Å². The van der Waals surface area contributed by atoms with Crippen molar-refractivity contribution in [2.75, 3.05) is 0 Å². The number of nitrogens with zero attached hydrogens (tertiary/aromatic N) is 1. The third kappa shape index (κ3) is 3.21. The van der Waals surface area contributed by atoms with Gasteiger partial charge in [-0.3, -0.25) is 9.59 Å². The summed E-state index contributed by atoms with van der Waals surface area (Å²) in [7, 11) is 0. The van der Waals surface area contributed by atoms with Crippen molar-refractivity contribution >= 4 is 28.6 Å². The highest BCUT2D eigenvalue weighted by atomic mass is 16.4. The largest absolute Gasteiger partial charge is 0.475 e. The number of Topliss-reactive ketones (excluding diaryl/α,β-unsaturated/α-hetero) is 1. The number of nitrogens with two attached hydrogens (primary N) is 1. The summed E-state index contributed by atoms with van der Waals surface area (Å²) < 4.78 is 2.04. The van der Waals surface area contributed by atoms with Crippen molar-refractivity contribution in [3.63, 3.8) is 0 Å². The van der Waals surface area contributed by atoms with Gasteiger partial charge in [0.25, 0.3) is 5.78 Å². The van der Waals surface area contributed by atoms with Gasteiger partial charge < -0.3 is 15.4 Å². The van der Waals surface area contributed by atoms with Crippen LogP contribution in [0.25, 0.3) is 10.9 Å². The fourth-order valence-electron chi connectivity index (χ4n) is 3.18. The fraction of sp³-hybridized carbons (Fsp3) is 0.150. The Morgan fingerprint density at radius 3 is 2.38 bits per heavy atom. The Kier molecular flexibility index (Phi) is 4.58. The van der Waals surface area contributed by atoms with Crippen LogP contribution in [-0.4, -0.2) is 27.3 Å². The Labute approximate surface area is 149 Å². The molecule has 1 aromatic heterocycles. The number of fused-ring (bicyclic) bond motifs is 1. The zero-order valence-corrected chi connectivity index (χ0v) is 14.2. The minimum Gasteiger partial charge on any atom is -0.475 e. The van der Waals surface area contributed by atoms with Crippen LogP contribution in [0, 0.1) is 6.92 Å². The van der Waals surface area contributed by atoms with Crippen LogP contribution < -0.4 is 5.73 Å². The van der Waals surface area contributed by atoms with Crippen LogP contribution in [0.4, 0.5) is 0 Å². The summed E-state index contributed by atoms with van der Waals surface area (Å²) in [5.41, 5.74) is 8.95. The van der Waals surface area contributed by atoms with Gasteiger partial charge in [0.05, 0.1) is 6.42 Å². The molecular weight excluding hydrogens is 332 g/mol. The smallest absolute Gasteiger partial charge is 0.377 e. The molecule has 3 N–H and O–H groups in total. The van der Waals surface area contributed by atoms with Gasteiger partial charge in [0.15, 0.2) is 0 Å². The first kappa shape index (κ1) is 17.4. The summed E-state index contributed by atoms with van der Waals surface area (Å²) in [6, 6.07) is 14.6. The molecule has 0 saturated carbocycles.